The monoisotopic (exact) mass is 404 g/mol. The van der Waals surface area contributed by atoms with Gasteiger partial charge in [-0.05, 0) is 42.5 Å². The summed E-state index contributed by atoms with van der Waals surface area (Å²) < 4.78 is 11.7. The number of fused-ring (bicyclic) bond motifs is 3. The molecule has 5 rings (SSSR count). The van der Waals surface area contributed by atoms with Gasteiger partial charge in [0.15, 0.2) is 5.75 Å². The number of nitrogens with one attached hydrogen (secondary N) is 2. The van der Waals surface area contributed by atoms with Gasteiger partial charge in [0, 0.05) is 12.2 Å². The Kier molecular flexibility index (Phi) is 4.54. The van der Waals surface area contributed by atoms with Gasteiger partial charge in [0.1, 0.15) is 30.3 Å². The molecule has 0 saturated carbocycles. The van der Waals surface area contributed by atoms with Crippen molar-refractivity contribution in [2.45, 2.75) is 0 Å². The lowest BCUT2D eigenvalue weighted by molar-refractivity contribution is 0.327. The summed E-state index contributed by atoms with van der Waals surface area (Å²) in [7, 11) is 0. The fraction of sp³-hybridized carbons (Fsp3) is 0.0909. The smallest absolute Gasteiger partial charge is 0.155 e. The van der Waals surface area contributed by atoms with Crippen LogP contribution < -0.4 is 20.1 Å². The first-order valence-electron chi connectivity index (χ1n) is 9.22. The molecule has 0 unspecified atom stereocenters. The first-order chi connectivity index (χ1) is 14.3. The van der Waals surface area contributed by atoms with Gasteiger partial charge >= 0.3 is 0 Å². The van der Waals surface area contributed by atoms with E-state index in [2.05, 4.69) is 20.6 Å². The maximum Gasteiger partial charge on any atom is 0.155 e. The molecule has 2 N–H and O–H groups in total. The van der Waals surface area contributed by atoms with E-state index in [1.807, 2.05) is 60.7 Å². The number of nitrogens with zero attached hydrogens (tertiary/aromatic N) is 2. The topological polar surface area (TPSA) is 68.3 Å². The highest BCUT2D eigenvalue weighted by Crippen LogP contribution is 2.39. The normalized spacial score (nSPS) is 12.6. The highest BCUT2D eigenvalue weighted by Gasteiger charge is 2.18. The Morgan fingerprint density at radius 2 is 1.93 bits per heavy atom. The third-order valence-electron chi connectivity index (χ3n) is 4.59. The fourth-order valence-electron chi connectivity index (χ4n) is 3.26. The molecule has 6 nitrogen and oxygen atoms in total. The average Bonchev–Trinajstić information content (AvgIpc) is 2.76. The number of rotatable bonds is 4. The summed E-state index contributed by atoms with van der Waals surface area (Å²) in [5, 5.41) is 8.00. The molecule has 0 spiro atoms. The van der Waals surface area contributed by atoms with E-state index in [1.165, 1.54) is 6.33 Å². The van der Waals surface area contributed by atoms with Gasteiger partial charge in [0.2, 0.25) is 0 Å². The molecule has 0 aliphatic carbocycles. The molecular formula is C22H17ClN4O2. The molecular weight excluding hydrogens is 388 g/mol. The van der Waals surface area contributed by atoms with Crippen LogP contribution >= 0.6 is 11.6 Å². The van der Waals surface area contributed by atoms with Crippen LogP contribution in [0.25, 0.3) is 10.9 Å². The van der Waals surface area contributed by atoms with Crippen LogP contribution in [0.1, 0.15) is 0 Å². The van der Waals surface area contributed by atoms with E-state index in [0.717, 1.165) is 40.3 Å². The van der Waals surface area contributed by atoms with Crippen LogP contribution in [0.5, 0.6) is 17.2 Å². The van der Waals surface area contributed by atoms with Crippen molar-refractivity contribution in [1.82, 2.24) is 9.97 Å². The van der Waals surface area contributed by atoms with Gasteiger partial charge in [0.25, 0.3) is 0 Å². The van der Waals surface area contributed by atoms with Crippen molar-refractivity contribution in [3.63, 3.8) is 0 Å². The summed E-state index contributed by atoms with van der Waals surface area (Å²) in [4.78, 5) is 8.79. The van der Waals surface area contributed by atoms with E-state index in [4.69, 9.17) is 21.1 Å². The van der Waals surface area contributed by atoms with Gasteiger partial charge in [-0.1, -0.05) is 29.8 Å². The maximum absolute atomic E-state index is 6.45. The molecule has 7 heteroatoms. The van der Waals surface area contributed by atoms with Crippen molar-refractivity contribution in [2.24, 2.45) is 0 Å². The summed E-state index contributed by atoms with van der Waals surface area (Å²) in [5.74, 6) is 2.73. The quantitative estimate of drug-likeness (QED) is 0.460. The van der Waals surface area contributed by atoms with Gasteiger partial charge in [-0.25, -0.2) is 9.97 Å². The predicted molar refractivity (Wildman–Crippen MR) is 115 cm³/mol. The fourth-order valence-corrected chi connectivity index (χ4v) is 3.48. The standard InChI is InChI=1S/C22H17ClN4O2/c23-16-12-14(6-9-19(16)29-15-4-2-1-3-5-15)27-22-20-17(25-13-26-22)7-8-18-21(20)28-11-10-24-18/h1-9,12-13,24H,10-11H2,(H,25,26,27). The highest BCUT2D eigenvalue weighted by atomic mass is 35.5. The minimum atomic E-state index is 0.497. The molecule has 3 aromatic carbocycles. The van der Waals surface area contributed by atoms with Crippen molar-refractivity contribution in [3.8, 4) is 17.2 Å². The summed E-state index contributed by atoms with van der Waals surface area (Å²) in [5.41, 5.74) is 2.53. The lowest BCUT2D eigenvalue weighted by Gasteiger charge is -2.21. The third kappa shape index (κ3) is 3.50. The lowest BCUT2D eigenvalue weighted by atomic mass is 10.1. The number of halogens is 1. The Labute approximate surface area is 172 Å². The van der Waals surface area contributed by atoms with E-state index in [0.29, 0.717) is 23.2 Å². The number of ether oxygens (including phenoxy) is 2. The van der Waals surface area contributed by atoms with Crippen molar-refractivity contribution < 1.29 is 9.47 Å². The first kappa shape index (κ1) is 17.6. The van der Waals surface area contributed by atoms with Gasteiger partial charge in [-0.2, -0.15) is 0 Å². The SMILES string of the molecule is Clc1cc(Nc2ncnc3ccc4c(c23)OCCN4)ccc1Oc1ccccc1. The second kappa shape index (κ2) is 7.48. The molecule has 1 aliphatic rings. The van der Waals surface area contributed by atoms with E-state index < -0.39 is 0 Å². The highest BCUT2D eigenvalue weighted by molar-refractivity contribution is 6.32. The van der Waals surface area contributed by atoms with Gasteiger partial charge in [-0.15, -0.1) is 0 Å². The number of aromatic nitrogens is 2. The molecule has 2 heterocycles. The van der Waals surface area contributed by atoms with Gasteiger partial charge in [-0.3, -0.25) is 0 Å². The van der Waals surface area contributed by atoms with E-state index in [9.17, 15) is 0 Å². The maximum atomic E-state index is 6.45. The summed E-state index contributed by atoms with van der Waals surface area (Å²) in [6.07, 6.45) is 1.53. The van der Waals surface area contributed by atoms with Crippen LogP contribution in [0.3, 0.4) is 0 Å². The predicted octanol–water partition coefficient (Wildman–Crippen LogP) is 5.62. The Balaban J connectivity index is 1.47. The Morgan fingerprint density at radius 1 is 1.03 bits per heavy atom. The van der Waals surface area contributed by atoms with Crippen LogP contribution in [-0.4, -0.2) is 23.1 Å². The van der Waals surface area contributed by atoms with Crippen molar-refractivity contribution in [3.05, 3.63) is 72.0 Å². The molecule has 0 atom stereocenters. The van der Waals surface area contributed by atoms with Gasteiger partial charge < -0.3 is 20.1 Å². The number of anilines is 3. The van der Waals surface area contributed by atoms with Crippen LogP contribution in [0.2, 0.25) is 5.02 Å². The Bertz CT molecular complexity index is 1180. The molecule has 0 radical (unpaired) electrons. The van der Waals surface area contributed by atoms with Gasteiger partial charge in [0.05, 0.1) is 21.6 Å². The molecule has 0 saturated heterocycles. The van der Waals surface area contributed by atoms with Crippen molar-refractivity contribution >= 4 is 39.7 Å². The molecule has 1 aliphatic heterocycles. The van der Waals surface area contributed by atoms with E-state index in [-0.39, 0.29) is 0 Å². The molecule has 1 aromatic heterocycles. The molecule has 0 amide bonds. The Hall–Kier alpha value is -3.51. The number of hydrogen-bond donors (Lipinski definition) is 2. The molecule has 0 bridgehead atoms. The van der Waals surface area contributed by atoms with Crippen LogP contribution in [0.4, 0.5) is 17.2 Å². The van der Waals surface area contributed by atoms with E-state index in [1.54, 1.807) is 0 Å². The first-order valence-corrected chi connectivity index (χ1v) is 9.59. The summed E-state index contributed by atoms with van der Waals surface area (Å²) in [6, 6.07) is 19.0. The number of benzene rings is 3. The molecule has 29 heavy (non-hydrogen) atoms. The third-order valence-corrected chi connectivity index (χ3v) is 4.88. The second-order valence-electron chi connectivity index (χ2n) is 6.52. The average molecular weight is 405 g/mol. The summed E-state index contributed by atoms with van der Waals surface area (Å²) >= 11 is 6.45. The summed E-state index contributed by atoms with van der Waals surface area (Å²) in [6.45, 7) is 1.37. The van der Waals surface area contributed by atoms with Crippen LogP contribution in [0, 0.1) is 0 Å². The van der Waals surface area contributed by atoms with Crippen molar-refractivity contribution in [1.29, 1.82) is 0 Å². The zero-order chi connectivity index (χ0) is 19.6. The lowest BCUT2D eigenvalue weighted by Crippen LogP contribution is -2.18. The zero-order valence-electron chi connectivity index (χ0n) is 15.4. The molecule has 4 aromatic rings. The second-order valence-corrected chi connectivity index (χ2v) is 6.93. The number of para-hydroxylation sites is 1. The minimum Gasteiger partial charge on any atom is -0.489 e. The van der Waals surface area contributed by atoms with Crippen molar-refractivity contribution in [2.75, 3.05) is 23.8 Å². The zero-order valence-corrected chi connectivity index (χ0v) is 16.1. The van der Waals surface area contributed by atoms with Crippen LogP contribution in [0.15, 0.2) is 67.0 Å². The largest absolute Gasteiger partial charge is 0.489 e. The Morgan fingerprint density at radius 3 is 2.79 bits per heavy atom. The minimum absolute atomic E-state index is 0.497. The number of hydrogen-bond acceptors (Lipinski definition) is 6. The van der Waals surface area contributed by atoms with E-state index >= 15 is 0 Å². The molecule has 144 valence electrons. The van der Waals surface area contributed by atoms with Crippen LogP contribution in [-0.2, 0) is 0 Å². The molecule has 0 fully saturated rings.